The number of benzene rings is 4. The van der Waals surface area contributed by atoms with Gasteiger partial charge in [-0.15, -0.1) is 0 Å². The van der Waals surface area contributed by atoms with Crippen LogP contribution in [0.3, 0.4) is 0 Å². The Morgan fingerprint density at radius 2 is 0.600 bits per heavy atom. The zero-order valence-electron chi connectivity index (χ0n) is 39.4. The van der Waals surface area contributed by atoms with Gasteiger partial charge in [0.1, 0.15) is 24.2 Å². The van der Waals surface area contributed by atoms with Crippen LogP contribution in [0.2, 0.25) is 0 Å². The number of piperazine rings is 1. The van der Waals surface area contributed by atoms with E-state index >= 15 is 0 Å². The second kappa shape index (κ2) is 24.6. The molecule has 364 valence electrons. The van der Waals surface area contributed by atoms with Gasteiger partial charge in [0.2, 0.25) is 35.7 Å². The number of anilines is 6. The first-order valence-electron chi connectivity index (χ1n) is 22.7. The van der Waals surface area contributed by atoms with Crippen LogP contribution in [0.25, 0.3) is 0 Å². The Hall–Kier alpha value is -8.42. The lowest BCUT2D eigenvalue weighted by Crippen LogP contribution is -2.48. The zero-order valence-corrected chi connectivity index (χ0v) is 39.4. The number of rotatable bonds is 22. The van der Waals surface area contributed by atoms with Crippen LogP contribution in [0.4, 0.5) is 35.7 Å². The van der Waals surface area contributed by atoms with Crippen molar-refractivity contribution in [1.29, 1.82) is 0 Å². The van der Waals surface area contributed by atoms with Gasteiger partial charge in [-0.25, -0.2) is 19.2 Å². The third-order valence-corrected chi connectivity index (χ3v) is 11.4. The van der Waals surface area contributed by atoms with Gasteiger partial charge in [-0.05, 0) is 22.3 Å². The molecule has 20 nitrogen and oxygen atoms in total. The SMILES string of the molecule is COC(=O)[C@H](Cc1ccccc1)Nc1nc(N[C@@H](Cc2ccccc2)C(=O)OC)nc(N2CCN(c3nc(N[C@@H](Cc4ccccc4)C(=O)OC)nc(N[C@@H](Cc4ccccc4)C(=O)OC)n3)CC2)n1. The molecule has 6 aromatic rings. The second-order valence-electron chi connectivity index (χ2n) is 16.2. The van der Waals surface area contributed by atoms with Crippen molar-refractivity contribution in [3.63, 3.8) is 0 Å². The maximum atomic E-state index is 13.2. The summed E-state index contributed by atoms with van der Waals surface area (Å²) in [6.45, 7) is 1.41. The van der Waals surface area contributed by atoms with Crippen molar-refractivity contribution in [2.45, 2.75) is 49.9 Å². The highest BCUT2D eigenvalue weighted by Crippen LogP contribution is 2.23. The monoisotopic (exact) mass is 952 g/mol. The molecule has 7 rings (SSSR count). The summed E-state index contributed by atoms with van der Waals surface area (Å²) in [6, 6.07) is 34.4. The molecular formula is C50H56N12O8. The standard InChI is InChI=1S/C50H56N12O8/c1-67-41(63)37(29-33-17-9-5-10-18-33)51-45-55-46(52-38(42(64)68-2)30-34-19-11-6-12-20-34)58-49(57-45)61-25-27-62(28-26-61)50-59-47(53-39(43(65)69-3)31-35-21-13-7-14-22-35)56-48(60-50)54-40(44(66)70-4)32-36-23-15-8-16-24-36/h5-24,37-40H,25-32H2,1-4H3,(H2,51,52,55,57,58)(H2,53,54,56,59,60)/t37-,38-,39-,40-/m0/s1. The van der Waals surface area contributed by atoms with E-state index in [1.54, 1.807) is 0 Å². The second-order valence-corrected chi connectivity index (χ2v) is 16.2. The summed E-state index contributed by atoms with van der Waals surface area (Å²) in [4.78, 5) is 85.0. The number of carbonyl (C=O) groups is 4. The van der Waals surface area contributed by atoms with E-state index < -0.39 is 48.0 Å². The van der Waals surface area contributed by atoms with Gasteiger partial charge in [0.25, 0.3) is 0 Å². The highest BCUT2D eigenvalue weighted by molar-refractivity contribution is 5.81. The summed E-state index contributed by atoms with van der Waals surface area (Å²) in [5.74, 6) is -1.31. The fraction of sp³-hybridized carbons (Fsp3) is 0.320. The third kappa shape index (κ3) is 13.8. The van der Waals surface area contributed by atoms with E-state index in [0.29, 0.717) is 26.2 Å². The van der Waals surface area contributed by atoms with Crippen LogP contribution >= 0.6 is 0 Å². The average Bonchev–Trinajstić information content (AvgIpc) is 3.40. The molecule has 1 saturated heterocycles. The lowest BCUT2D eigenvalue weighted by Gasteiger charge is -2.35. The summed E-state index contributed by atoms with van der Waals surface area (Å²) in [5, 5.41) is 12.6. The molecule has 0 spiro atoms. The first kappa shape index (κ1) is 49.5. The normalized spacial score (nSPS) is 13.9. The molecule has 4 N–H and O–H groups in total. The summed E-state index contributed by atoms with van der Waals surface area (Å²) < 4.78 is 20.7. The number of hydrogen-bond donors (Lipinski definition) is 4. The Kier molecular flexibility index (Phi) is 17.4. The topological polar surface area (TPSA) is 237 Å². The van der Waals surface area contributed by atoms with E-state index in [-0.39, 0.29) is 61.4 Å². The first-order chi connectivity index (χ1) is 34.1. The molecule has 0 aliphatic carbocycles. The minimum absolute atomic E-state index is 0.0693. The molecule has 70 heavy (non-hydrogen) atoms. The van der Waals surface area contributed by atoms with Crippen LogP contribution in [-0.4, -0.2) is 133 Å². The Morgan fingerprint density at radius 3 is 0.800 bits per heavy atom. The van der Waals surface area contributed by atoms with Crippen molar-refractivity contribution in [2.24, 2.45) is 0 Å². The smallest absolute Gasteiger partial charge is 0.328 e. The highest BCUT2D eigenvalue weighted by Gasteiger charge is 2.30. The van der Waals surface area contributed by atoms with Crippen LogP contribution in [-0.2, 0) is 63.8 Å². The van der Waals surface area contributed by atoms with Crippen molar-refractivity contribution in [2.75, 3.05) is 85.7 Å². The molecule has 20 heteroatoms. The molecule has 0 amide bonds. The van der Waals surface area contributed by atoms with Gasteiger partial charge >= 0.3 is 23.9 Å². The highest BCUT2D eigenvalue weighted by atomic mass is 16.5. The van der Waals surface area contributed by atoms with E-state index in [9.17, 15) is 19.2 Å². The van der Waals surface area contributed by atoms with Gasteiger partial charge in [-0.1, -0.05) is 121 Å². The molecule has 0 saturated carbocycles. The maximum absolute atomic E-state index is 13.2. The Morgan fingerprint density at radius 1 is 0.386 bits per heavy atom. The molecule has 4 atom stereocenters. The summed E-state index contributed by atoms with van der Waals surface area (Å²) >= 11 is 0. The fourth-order valence-corrected chi connectivity index (χ4v) is 7.74. The van der Waals surface area contributed by atoms with E-state index in [4.69, 9.17) is 38.9 Å². The molecule has 0 bridgehead atoms. The van der Waals surface area contributed by atoms with Crippen LogP contribution < -0.4 is 31.1 Å². The molecule has 3 heterocycles. The van der Waals surface area contributed by atoms with E-state index in [0.717, 1.165) is 22.3 Å². The van der Waals surface area contributed by atoms with Crippen LogP contribution in [0.1, 0.15) is 22.3 Å². The van der Waals surface area contributed by atoms with Gasteiger partial charge < -0.3 is 50.0 Å². The molecule has 1 aliphatic rings. The van der Waals surface area contributed by atoms with Gasteiger partial charge in [0.15, 0.2) is 0 Å². The summed E-state index contributed by atoms with van der Waals surface area (Å²) in [5.41, 5.74) is 3.53. The number of ether oxygens (including phenoxy) is 4. The molecule has 4 aromatic carbocycles. The number of carbonyl (C=O) groups excluding carboxylic acids is 4. The lowest BCUT2D eigenvalue weighted by atomic mass is 10.1. The van der Waals surface area contributed by atoms with Crippen molar-refractivity contribution < 1.29 is 38.1 Å². The van der Waals surface area contributed by atoms with Gasteiger partial charge in [0.05, 0.1) is 28.4 Å². The maximum Gasteiger partial charge on any atom is 0.328 e. The fourth-order valence-electron chi connectivity index (χ4n) is 7.74. The molecular weight excluding hydrogens is 897 g/mol. The number of aromatic nitrogens is 6. The number of esters is 4. The molecule has 1 aliphatic heterocycles. The van der Waals surface area contributed by atoms with Gasteiger partial charge in [-0.2, -0.15) is 29.9 Å². The minimum Gasteiger partial charge on any atom is -0.467 e. The predicted octanol–water partition coefficient (Wildman–Crippen LogP) is 4.17. The molecule has 0 unspecified atom stereocenters. The van der Waals surface area contributed by atoms with Crippen molar-refractivity contribution in [3.05, 3.63) is 144 Å². The van der Waals surface area contributed by atoms with Crippen LogP contribution in [0, 0.1) is 0 Å². The van der Waals surface area contributed by atoms with E-state index in [2.05, 4.69) is 31.2 Å². The van der Waals surface area contributed by atoms with Crippen LogP contribution in [0.15, 0.2) is 121 Å². The van der Waals surface area contributed by atoms with E-state index in [1.165, 1.54) is 28.4 Å². The number of nitrogens with one attached hydrogen (secondary N) is 4. The van der Waals surface area contributed by atoms with Crippen LogP contribution in [0.5, 0.6) is 0 Å². The predicted molar refractivity (Wildman–Crippen MR) is 262 cm³/mol. The first-order valence-corrected chi connectivity index (χ1v) is 22.7. The summed E-state index contributed by atoms with van der Waals surface area (Å²) in [7, 11) is 5.25. The largest absolute Gasteiger partial charge is 0.467 e. The Bertz CT molecular complexity index is 2300. The molecule has 2 aromatic heterocycles. The third-order valence-electron chi connectivity index (χ3n) is 11.4. The van der Waals surface area contributed by atoms with Crippen molar-refractivity contribution in [1.82, 2.24) is 29.9 Å². The Labute approximate surface area is 405 Å². The zero-order chi connectivity index (χ0) is 49.2. The summed E-state index contributed by atoms with van der Waals surface area (Å²) in [6.07, 6.45) is 1.09. The quantitative estimate of drug-likeness (QED) is 0.0552. The Balaban J connectivity index is 1.18. The molecule has 0 radical (unpaired) electrons. The number of methoxy groups -OCH3 is 4. The van der Waals surface area contributed by atoms with Crippen molar-refractivity contribution >= 4 is 59.6 Å². The van der Waals surface area contributed by atoms with E-state index in [1.807, 2.05) is 131 Å². The van der Waals surface area contributed by atoms with Gasteiger partial charge in [-0.3, -0.25) is 0 Å². The van der Waals surface area contributed by atoms with Gasteiger partial charge in [0, 0.05) is 51.9 Å². The van der Waals surface area contributed by atoms with Crippen molar-refractivity contribution in [3.8, 4) is 0 Å². The lowest BCUT2D eigenvalue weighted by molar-refractivity contribution is -0.142. The number of hydrogen-bond acceptors (Lipinski definition) is 20. The number of nitrogens with zero attached hydrogens (tertiary/aromatic N) is 8. The minimum atomic E-state index is -0.875. The average molecular weight is 953 g/mol. The molecule has 1 fully saturated rings.